The summed E-state index contributed by atoms with van der Waals surface area (Å²) >= 11 is 0. The SMILES string of the molecule is CCc1nc(C(N)=O)c(Nc2ccc(N3CCNCC3)cc2)nc1NC1CCOCC1. The number of benzene rings is 1. The van der Waals surface area contributed by atoms with Gasteiger partial charge in [-0.25, -0.2) is 9.97 Å². The van der Waals surface area contributed by atoms with Crippen molar-refractivity contribution >= 4 is 28.9 Å². The second-order valence-electron chi connectivity index (χ2n) is 7.87. The monoisotopic (exact) mass is 425 g/mol. The molecular formula is C22H31N7O2. The molecular weight excluding hydrogens is 394 g/mol. The van der Waals surface area contributed by atoms with E-state index in [-0.39, 0.29) is 11.7 Å². The van der Waals surface area contributed by atoms with Crippen LogP contribution in [0.5, 0.6) is 0 Å². The fourth-order valence-corrected chi connectivity index (χ4v) is 3.94. The van der Waals surface area contributed by atoms with Crippen molar-refractivity contribution in [3.8, 4) is 0 Å². The van der Waals surface area contributed by atoms with Gasteiger partial charge in [-0.2, -0.15) is 0 Å². The van der Waals surface area contributed by atoms with Gasteiger partial charge in [0.05, 0.1) is 5.69 Å². The van der Waals surface area contributed by atoms with Gasteiger partial charge in [0.1, 0.15) is 0 Å². The number of aryl methyl sites for hydroxylation is 1. The predicted octanol–water partition coefficient (Wildman–Crippen LogP) is 1.88. The summed E-state index contributed by atoms with van der Waals surface area (Å²) < 4.78 is 5.44. The van der Waals surface area contributed by atoms with Crippen molar-refractivity contribution in [2.75, 3.05) is 54.9 Å². The van der Waals surface area contributed by atoms with Crippen molar-refractivity contribution in [3.63, 3.8) is 0 Å². The van der Waals surface area contributed by atoms with Gasteiger partial charge >= 0.3 is 0 Å². The van der Waals surface area contributed by atoms with E-state index in [1.807, 2.05) is 19.1 Å². The maximum absolute atomic E-state index is 12.1. The van der Waals surface area contributed by atoms with Gasteiger partial charge in [-0.3, -0.25) is 4.79 Å². The van der Waals surface area contributed by atoms with Crippen LogP contribution in [0.25, 0.3) is 0 Å². The normalized spacial score (nSPS) is 17.4. The highest BCUT2D eigenvalue weighted by molar-refractivity contribution is 5.96. The van der Waals surface area contributed by atoms with E-state index in [1.54, 1.807) is 0 Å². The second kappa shape index (κ2) is 9.93. The molecule has 0 spiro atoms. The zero-order chi connectivity index (χ0) is 21.6. The van der Waals surface area contributed by atoms with E-state index in [9.17, 15) is 4.79 Å². The quantitative estimate of drug-likeness (QED) is 0.531. The number of carbonyl (C=O) groups excluding carboxylic acids is 1. The molecule has 0 unspecified atom stereocenters. The van der Waals surface area contributed by atoms with E-state index < -0.39 is 5.91 Å². The zero-order valence-electron chi connectivity index (χ0n) is 18.0. The summed E-state index contributed by atoms with van der Waals surface area (Å²) in [6, 6.07) is 8.41. The molecule has 9 heteroatoms. The van der Waals surface area contributed by atoms with Crippen molar-refractivity contribution in [2.24, 2.45) is 5.73 Å². The highest BCUT2D eigenvalue weighted by atomic mass is 16.5. The Morgan fingerprint density at radius 3 is 2.52 bits per heavy atom. The van der Waals surface area contributed by atoms with E-state index in [0.29, 0.717) is 18.1 Å². The molecule has 2 fully saturated rings. The minimum atomic E-state index is -0.597. The lowest BCUT2D eigenvalue weighted by atomic mass is 10.1. The van der Waals surface area contributed by atoms with Crippen molar-refractivity contribution in [1.29, 1.82) is 0 Å². The van der Waals surface area contributed by atoms with Gasteiger partial charge in [-0.1, -0.05) is 6.92 Å². The van der Waals surface area contributed by atoms with Crippen LogP contribution in [0.4, 0.5) is 23.0 Å². The minimum absolute atomic E-state index is 0.153. The topological polar surface area (TPSA) is 117 Å². The van der Waals surface area contributed by atoms with Crippen LogP contribution < -0.4 is 26.6 Å². The van der Waals surface area contributed by atoms with Gasteiger partial charge in [0.2, 0.25) is 0 Å². The number of ether oxygens (including phenoxy) is 1. The summed E-state index contributed by atoms with van der Waals surface area (Å²) in [6.07, 6.45) is 2.48. The first-order valence-corrected chi connectivity index (χ1v) is 11.0. The van der Waals surface area contributed by atoms with Crippen LogP contribution >= 0.6 is 0 Å². The number of nitrogens with zero attached hydrogens (tertiary/aromatic N) is 3. The van der Waals surface area contributed by atoms with Crippen LogP contribution in [-0.2, 0) is 11.2 Å². The molecule has 0 atom stereocenters. The summed E-state index contributed by atoms with van der Waals surface area (Å²) in [4.78, 5) is 23.7. The first kappa shape index (κ1) is 21.3. The molecule has 0 aliphatic carbocycles. The number of primary amides is 1. The summed E-state index contributed by atoms with van der Waals surface area (Å²) in [5, 5.41) is 10.1. The number of anilines is 4. The minimum Gasteiger partial charge on any atom is -0.381 e. The third kappa shape index (κ3) is 5.23. The number of nitrogens with two attached hydrogens (primary N) is 1. The molecule has 2 aliphatic rings. The average Bonchev–Trinajstić information content (AvgIpc) is 2.81. The molecule has 2 aromatic rings. The number of rotatable bonds is 7. The van der Waals surface area contributed by atoms with Crippen molar-refractivity contribution in [2.45, 2.75) is 32.2 Å². The molecule has 166 valence electrons. The third-order valence-corrected chi connectivity index (χ3v) is 5.71. The summed E-state index contributed by atoms with van der Waals surface area (Å²) in [7, 11) is 0. The number of nitrogens with one attached hydrogen (secondary N) is 3. The maximum atomic E-state index is 12.1. The Hall–Kier alpha value is -2.91. The summed E-state index contributed by atoms with van der Waals surface area (Å²) in [6.45, 7) is 7.42. The molecule has 5 N–H and O–H groups in total. The Morgan fingerprint density at radius 1 is 1.16 bits per heavy atom. The third-order valence-electron chi connectivity index (χ3n) is 5.71. The summed E-state index contributed by atoms with van der Waals surface area (Å²) in [5.41, 5.74) is 8.51. The Balaban J connectivity index is 1.56. The standard InChI is InChI=1S/C22H31N7O2/c1-2-18-21(25-16-7-13-31-14-8-16)28-22(19(27-18)20(23)30)26-15-3-5-17(6-4-15)29-11-9-24-10-12-29/h3-6,16,24H,2,7-14H2,1H3,(H2,23,30)(H2,25,26,28). The molecule has 1 aromatic carbocycles. The first-order valence-electron chi connectivity index (χ1n) is 11.0. The fraction of sp³-hybridized carbons (Fsp3) is 0.500. The highest BCUT2D eigenvalue weighted by Gasteiger charge is 2.21. The van der Waals surface area contributed by atoms with Gasteiger partial charge in [-0.15, -0.1) is 0 Å². The molecule has 4 rings (SSSR count). The fourth-order valence-electron chi connectivity index (χ4n) is 3.94. The number of piperazine rings is 1. The van der Waals surface area contributed by atoms with Crippen LogP contribution in [0.2, 0.25) is 0 Å². The molecule has 0 bridgehead atoms. The van der Waals surface area contributed by atoms with E-state index >= 15 is 0 Å². The van der Waals surface area contributed by atoms with Crippen LogP contribution in [-0.4, -0.2) is 61.3 Å². The van der Waals surface area contributed by atoms with Gasteiger partial charge < -0.3 is 31.3 Å². The maximum Gasteiger partial charge on any atom is 0.271 e. The van der Waals surface area contributed by atoms with Crippen molar-refractivity contribution in [1.82, 2.24) is 15.3 Å². The van der Waals surface area contributed by atoms with Gasteiger partial charge in [-0.05, 0) is 43.5 Å². The van der Waals surface area contributed by atoms with Crippen LogP contribution in [0.3, 0.4) is 0 Å². The van der Waals surface area contributed by atoms with E-state index in [4.69, 9.17) is 15.5 Å². The largest absolute Gasteiger partial charge is 0.381 e. The smallest absolute Gasteiger partial charge is 0.271 e. The van der Waals surface area contributed by atoms with Gasteiger partial charge in [0.15, 0.2) is 17.3 Å². The zero-order valence-corrected chi connectivity index (χ0v) is 18.0. The number of hydrogen-bond donors (Lipinski definition) is 4. The number of hydrogen-bond acceptors (Lipinski definition) is 8. The molecule has 0 saturated carbocycles. The van der Waals surface area contributed by atoms with Crippen LogP contribution in [0.15, 0.2) is 24.3 Å². The highest BCUT2D eigenvalue weighted by Crippen LogP contribution is 2.26. The molecule has 1 aromatic heterocycles. The molecule has 1 amide bonds. The lowest BCUT2D eigenvalue weighted by Gasteiger charge is -2.29. The van der Waals surface area contributed by atoms with Gasteiger partial charge in [0, 0.05) is 56.8 Å². The number of aromatic nitrogens is 2. The average molecular weight is 426 g/mol. The Morgan fingerprint density at radius 2 is 1.87 bits per heavy atom. The Bertz CT molecular complexity index is 891. The summed E-state index contributed by atoms with van der Waals surface area (Å²) in [5.74, 6) is 0.466. The second-order valence-corrected chi connectivity index (χ2v) is 7.87. The molecule has 9 nitrogen and oxygen atoms in total. The Kier molecular flexibility index (Phi) is 6.83. The van der Waals surface area contributed by atoms with Crippen molar-refractivity contribution in [3.05, 3.63) is 35.7 Å². The number of carbonyl (C=O) groups is 1. The molecule has 2 aliphatic heterocycles. The molecule has 2 saturated heterocycles. The molecule has 3 heterocycles. The van der Waals surface area contributed by atoms with E-state index in [1.165, 1.54) is 5.69 Å². The number of amides is 1. The first-order chi connectivity index (χ1) is 15.1. The van der Waals surface area contributed by atoms with Crippen LogP contribution in [0.1, 0.15) is 35.9 Å². The lowest BCUT2D eigenvalue weighted by Crippen LogP contribution is -2.43. The van der Waals surface area contributed by atoms with E-state index in [0.717, 1.165) is 63.6 Å². The van der Waals surface area contributed by atoms with Gasteiger partial charge in [0.25, 0.3) is 5.91 Å². The van der Waals surface area contributed by atoms with Crippen molar-refractivity contribution < 1.29 is 9.53 Å². The molecule has 31 heavy (non-hydrogen) atoms. The predicted molar refractivity (Wildman–Crippen MR) is 122 cm³/mol. The Labute approximate surface area is 182 Å². The van der Waals surface area contributed by atoms with Crippen LogP contribution in [0, 0.1) is 0 Å². The van der Waals surface area contributed by atoms with E-state index in [2.05, 4.69) is 38.0 Å². The lowest BCUT2D eigenvalue weighted by molar-refractivity contribution is 0.0903. The molecule has 0 radical (unpaired) electrons.